The lowest BCUT2D eigenvalue weighted by molar-refractivity contribution is 0.487. The molecule has 0 fully saturated rings. The summed E-state index contributed by atoms with van der Waals surface area (Å²) in [7, 11) is 1.74. The van der Waals surface area contributed by atoms with Crippen LogP contribution in [-0.2, 0) is 0 Å². The average molecular weight is 332 g/mol. The number of aryl methyl sites for hydroxylation is 1. The molecule has 1 heterocycles. The molecule has 1 unspecified atom stereocenters. The van der Waals surface area contributed by atoms with E-state index in [1.54, 1.807) is 24.5 Å². The maximum atomic E-state index is 13.8. The molecule has 0 radical (unpaired) electrons. The van der Waals surface area contributed by atoms with Gasteiger partial charge >= 0.3 is 0 Å². The van der Waals surface area contributed by atoms with E-state index in [4.69, 9.17) is 0 Å². The minimum absolute atomic E-state index is 0.325. The molecule has 5 heteroatoms. The second-order valence-corrected chi connectivity index (χ2v) is 6.56. The van der Waals surface area contributed by atoms with Crippen LogP contribution in [-0.4, -0.2) is 7.05 Å². The highest BCUT2D eigenvalue weighted by atomic mass is 79.9. The molecule has 1 N–H and O–H groups in total. The van der Waals surface area contributed by atoms with E-state index in [9.17, 15) is 8.78 Å². The molecular weight excluding hydrogens is 320 g/mol. The van der Waals surface area contributed by atoms with Gasteiger partial charge in [-0.1, -0.05) is 12.1 Å². The van der Waals surface area contributed by atoms with Gasteiger partial charge in [0.2, 0.25) is 0 Å². The number of hydrogen-bond donors (Lipinski definition) is 1. The first-order chi connectivity index (χ1) is 8.54. The van der Waals surface area contributed by atoms with Crippen LogP contribution >= 0.6 is 27.3 Å². The van der Waals surface area contributed by atoms with E-state index >= 15 is 0 Å². The molecule has 18 heavy (non-hydrogen) atoms. The molecule has 0 saturated heterocycles. The van der Waals surface area contributed by atoms with Crippen LogP contribution in [0.4, 0.5) is 8.78 Å². The molecule has 2 aromatic rings. The maximum absolute atomic E-state index is 13.8. The predicted molar refractivity (Wildman–Crippen MR) is 74.0 cm³/mol. The second kappa shape index (κ2) is 5.47. The highest BCUT2D eigenvalue weighted by molar-refractivity contribution is 9.11. The molecule has 1 atom stereocenters. The third-order valence-electron chi connectivity index (χ3n) is 2.82. The van der Waals surface area contributed by atoms with Gasteiger partial charge in [0.05, 0.1) is 9.83 Å². The smallest absolute Gasteiger partial charge is 0.163 e. The van der Waals surface area contributed by atoms with Crippen molar-refractivity contribution in [2.45, 2.75) is 13.0 Å². The molecule has 0 spiro atoms. The molecule has 1 nitrogen and oxygen atoms in total. The zero-order chi connectivity index (χ0) is 13.3. The summed E-state index contributed by atoms with van der Waals surface area (Å²) in [4.78, 5) is 1.07. The Hall–Kier alpha value is -0.780. The summed E-state index contributed by atoms with van der Waals surface area (Å²) in [5, 5.41) is 3.04. The lowest BCUT2D eigenvalue weighted by Crippen LogP contribution is -2.19. The Balaban J connectivity index is 2.52. The molecule has 2 rings (SSSR count). The van der Waals surface area contributed by atoms with E-state index in [2.05, 4.69) is 21.2 Å². The molecule has 0 aliphatic carbocycles. The van der Waals surface area contributed by atoms with Gasteiger partial charge in [-0.05, 0) is 47.6 Å². The van der Waals surface area contributed by atoms with E-state index in [0.717, 1.165) is 20.3 Å². The number of benzene rings is 1. The Labute approximate surface area is 117 Å². The molecule has 1 aromatic heterocycles. The van der Waals surface area contributed by atoms with Gasteiger partial charge in [-0.15, -0.1) is 11.3 Å². The van der Waals surface area contributed by atoms with Crippen molar-refractivity contribution < 1.29 is 8.78 Å². The summed E-state index contributed by atoms with van der Waals surface area (Å²) in [6, 6.07) is 5.84. The number of nitrogens with one attached hydrogen (secondary N) is 1. The van der Waals surface area contributed by atoms with Crippen molar-refractivity contribution >= 4 is 27.3 Å². The van der Waals surface area contributed by atoms with Gasteiger partial charge in [0, 0.05) is 10.4 Å². The van der Waals surface area contributed by atoms with E-state index in [1.807, 2.05) is 13.0 Å². The number of thiophene rings is 1. The van der Waals surface area contributed by atoms with Crippen molar-refractivity contribution in [1.29, 1.82) is 0 Å². The number of halogens is 3. The van der Waals surface area contributed by atoms with Crippen molar-refractivity contribution in [1.82, 2.24) is 5.32 Å². The molecule has 0 saturated carbocycles. The largest absolute Gasteiger partial charge is 0.309 e. The minimum Gasteiger partial charge on any atom is -0.309 e. The number of rotatable bonds is 3. The molecular formula is C13H12BrF2NS. The molecule has 0 aliphatic rings. The van der Waals surface area contributed by atoms with Crippen molar-refractivity contribution in [3.8, 4) is 0 Å². The Bertz CT molecular complexity index is 568. The molecule has 1 aromatic carbocycles. The average Bonchev–Trinajstić information content (AvgIpc) is 2.65. The summed E-state index contributed by atoms with van der Waals surface area (Å²) in [5.41, 5.74) is 1.28. The monoisotopic (exact) mass is 331 g/mol. The maximum Gasteiger partial charge on any atom is 0.163 e. The first-order valence-electron chi connectivity index (χ1n) is 5.41. The van der Waals surface area contributed by atoms with Crippen molar-refractivity contribution in [3.05, 3.63) is 55.7 Å². The topological polar surface area (TPSA) is 12.0 Å². The first-order valence-corrected chi connectivity index (χ1v) is 7.02. The van der Waals surface area contributed by atoms with Crippen molar-refractivity contribution in [2.75, 3.05) is 7.05 Å². The zero-order valence-electron chi connectivity index (χ0n) is 9.93. The third-order valence-corrected chi connectivity index (χ3v) is 4.39. The van der Waals surface area contributed by atoms with Crippen LogP contribution in [0, 0.1) is 18.6 Å². The summed E-state index contributed by atoms with van der Waals surface area (Å²) in [6.45, 7) is 1.96. The van der Waals surface area contributed by atoms with Crippen LogP contribution in [0.3, 0.4) is 0 Å². The quantitative estimate of drug-likeness (QED) is 0.878. The van der Waals surface area contributed by atoms with Crippen molar-refractivity contribution in [3.63, 3.8) is 0 Å². The van der Waals surface area contributed by atoms with Gasteiger partial charge in [0.15, 0.2) is 11.6 Å². The van der Waals surface area contributed by atoms with Crippen LogP contribution < -0.4 is 5.32 Å². The van der Waals surface area contributed by atoms with E-state index in [-0.39, 0.29) is 6.04 Å². The minimum atomic E-state index is -0.820. The fourth-order valence-electron chi connectivity index (χ4n) is 1.97. The predicted octanol–water partition coefficient (Wildman–Crippen LogP) is 4.41. The summed E-state index contributed by atoms with van der Waals surface area (Å²) in [6.07, 6.45) is 0. The molecule has 0 aliphatic heterocycles. The fraction of sp³-hybridized carbons (Fsp3) is 0.231. The fourth-order valence-corrected chi connectivity index (χ4v) is 3.72. The van der Waals surface area contributed by atoms with Gasteiger partial charge in [-0.3, -0.25) is 0 Å². The second-order valence-electron chi connectivity index (χ2n) is 3.93. The van der Waals surface area contributed by atoms with Crippen LogP contribution in [0.1, 0.15) is 22.0 Å². The summed E-state index contributed by atoms with van der Waals surface area (Å²) >= 11 is 4.99. The van der Waals surface area contributed by atoms with E-state index in [0.29, 0.717) is 5.56 Å². The normalized spacial score (nSPS) is 12.7. The zero-order valence-corrected chi connectivity index (χ0v) is 12.3. The van der Waals surface area contributed by atoms with Crippen molar-refractivity contribution in [2.24, 2.45) is 0 Å². The highest BCUT2D eigenvalue weighted by Crippen LogP contribution is 2.34. The molecule has 0 amide bonds. The Morgan fingerprint density at radius 3 is 2.56 bits per heavy atom. The van der Waals surface area contributed by atoms with E-state index < -0.39 is 11.6 Å². The Kier molecular flexibility index (Phi) is 4.14. The summed E-state index contributed by atoms with van der Waals surface area (Å²) in [5.74, 6) is -1.61. The highest BCUT2D eigenvalue weighted by Gasteiger charge is 2.21. The van der Waals surface area contributed by atoms with Gasteiger partial charge < -0.3 is 5.32 Å². The lowest BCUT2D eigenvalue weighted by atomic mass is 9.99. The SMILES string of the molecule is CNC(c1cc(Br)sc1C)c1cccc(F)c1F. The summed E-state index contributed by atoms with van der Waals surface area (Å²) < 4.78 is 28.1. The third kappa shape index (κ3) is 2.48. The van der Waals surface area contributed by atoms with Gasteiger partial charge in [0.25, 0.3) is 0 Å². The van der Waals surface area contributed by atoms with Crippen LogP contribution in [0.2, 0.25) is 0 Å². The van der Waals surface area contributed by atoms with Gasteiger partial charge in [-0.2, -0.15) is 0 Å². The first kappa shape index (κ1) is 13.6. The lowest BCUT2D eigenvalue weighted by Gasteiger charge is -2.17. The van der Waals surface area contributed by atoms with E-state index in [1.165, 1.54) is 6.07 Å². The van der Waals surface area contributed by atoms with Crippen LogP contribution in [0.25, 0.3) is 0 Å². The van der Waals surface area contributed by atoms with Gasteiger partial charge in [-0.25, -0.2) is 8.78 Å². The molecule has 96 valence electrons. The van der Waals surface area contributed by atoms with Crippen LogP contribution in [0.5, 0.6) is 0 Å². The van der Waals surface area contributed by atoms with Crippen LogP contribution in [0.15, 0.2) is 28.1 Å². The standard InChI is InChI=1S/C13H12BrF2NS/c1-7-9(6-11(14)18-7)13(17-2)8-4-3-5-10(15)12(8)16/h3-6,13,17H,1-2H3. The Morgan fingerprint density at radius 2 is 2.00 bits per heavy atom. The number of hydrogen-bond acceptors (Lipinski definition) is 2. The molecule has 0 bridgehead atoms. The van der Waals surface area contributed by atoms with Gasteiger partial charge in [0.1, 0.15) is 0 Å². The Morgan fingerprint density at radius 1 is 1.28 bits per heavy atom.